The van der Waals surface area contributed by atoms with Crippen LogP contribution >= 0.6 is 0 Å². The molecule has 0 bridgehead atoms. The molecule has 2 heteroatoms. The summed E-state index contributed by atoms with van der Waals surface area (Å²) in [6, 6.07) is 8.61. The molecule has 2 aliphatic rings. The van der Waals surface area contributed by atoms with E-state index in [-0.39, 0.29) is 6.10 Å². The van der Waals surface area contributed by atoms with Crippen LogP contribution < -0.4 is 0 Å². The third-order valence-electron chi connectivity index (χ3n) is 4.68. The smallest absolute Gasteiger partial charge is 0.0576 e. The zero-order valence-electron chi connectivity index (χ0n) is 11.6. The van der Waals surface area contributed by atoms with Gasteiger partial charge < -0.3 is 9.84 Å². The van der Waals surface area contributed by atoms with Crippen molar-refractivity contribution in [2.45, 2.75) is 57.2 Å². The summed E-state index contributed by atoms with van der Waals surface area (Å²) in [6.45, 7) is 0.936. The first-order chi connectivity index (χ1) is 9.33. The second kappa shape index (κ2) is 6.06. The van der Waals surface area contributed by atoms with Gasteiger partial charge in [0.1, 0.15) is 0 Å². The first-order valence-electron chi connectivity index (χ1n) is 7.69. The first kappa shape index (κ1) is 13.1. The summed E-state index contributed by atoms with van der Waals surface area (Å²) >= 11 is 0. The van der Waals surface area contributed by atoms with E-state index < -0.39 is 0 Å². The monoisotopic (exact) mass is 260 g/mol. The Morgan fingerprint density at radius 3 is 2.58 bits per heavy atom. The van der Waals surface area contributed by atoms with Gasteiger partial charge in [-0.05, 0) is 62.0 Å². The fourth-order valence-corrected chi connectivity index (χ4v) is 3.53. The van der Waals surface area contributed by atoms with E-state index in [0.717, 1.165) is 38.7 Å². The Kier molecular flexibility index (Phi) is 4.19. The molecule has 0 aromatic heterocycles. The van der Waals surface area contributed by atoms with Crippen molar-refractivity contribution in [1.29, 1.82) is 0 Å². The second-order valence-electron chi connectivity index (χ2n) is 6.07. The average Bonchev–Trinajstić information content (AvgIpc) is 3.07. The van der Waals surface area contributed by atoms with Crippen molar-refractivity contribution in [3.8, 4) is 0 Å². The van der Waals surface area contributed by atoms with Crippen LogP contribution in [-0.4, -0.2) is 23.9 Å². The number of fused-ring (bicyclic) bond motifs is 1. The molecule has 0 amide bonds. The molecular formula is C17H24O2. The fourth-order valence-electron chi connectivity index (χ4n) is 3.53. The van der Waals surface area contributed by atoms with Crippen molar-refractivity contribution < 1.29 is 9.84 Å². The molecule has 1 aliphatic heterocycles. The van der Waals surface area contributed by atoms with E-state index in [1.165, 1.54) is 24.0 Å². The van der Waals surface area contributed by atoms with Gasteiger partial charge in [0.15, 0.2) is 0 Å². The third-order valence-corrected chi connectivity index (χ3v) is 4.68. The van der Waals surface area contributed by atoms with Gasteiger partial charge in [-0.25, -0.2) is 0 Å². The standard InChI is InChI=1S/C17H24O2/c18-17(9-3-7-16-8-4-10-19-16)15-11-13-5-1-2-6-14(13)12-15/h1-2,5-6,15-18H,3-4,7-12H2. The molecule has 0 saturated carbocycles. The molecule has 3 rings (SSSR count). The van der Waals surface area contributed by atoms with Gasteiger partial charge in [-0.1, -0.05) is 24.3 Å². The fraction of sp³-hybridized carbons (Fsp3) is 0.647. The molecule has 104 valence electrons. The van der Waals surface area contributed by atoms with E-state index in [9.17, 15) is 5.11 Å². The zero-order valence-corrected chi connectivity index (χ0v) is 11.6. The van der Waals surface area contributed by atoms with Crippen LogP contribution in [0, 0.1) is 5.92 Å². The summed E-state index contributed by atoms with van der Waals surface area (Å²) in [6.07, 6.45) is 8.00. The van der Waals surface area contributed by atoms with Crippen LogP contribution in [0.25, 0.3) is 0 Å². The van der Waals surface area contributed by atoms with Crippen molar-refractivity contribution >= 4 is 0 Å². The molecule has 0 radical (unpaired) electrons. The largest absolute Gasteiger partial charge is 0.393 e. The van der Waals surface area contributed by atoms with Crippen LogP contribution in [0.2, 0.25) is 0 Å². The van der Waals surface area contributed by atoms with Crippen LogP contribution in [0.1, 0.15) is 43.2 Å². The number of aliphatic hydroxyl groups excluding tert-OH is 1. The molecule has 1 aliphatic carbocycles. The van der Waals surface area contributed by atoms with Crippen LogP contribution in [0.15, 0.2) is 24.3 Å². The van der Waals surface area contributed by atoms with Gasteiger partial charge in [0.25, 0.3) is 0 Å². The molecule has 2 unspecified atom stereocenters. The number of hydrogen-bond donors (Lipinski definition) is 1. The lowest BCUT2D eigenvalue weighted by molar-refractivity contribution is 0.0791. The third kappa shape index (κ3) is 3.18. The van der Waals surface area contributed by atoms with Crippen LogP contribution in [0.4, 0.5) is 0 Å². The average molecular weight is 260 g/mol. The van der Waals surface area contributed by atoms with Gasteiger partial charge >= 0.3 is 0 Å². The number of ether oxygens (including phenoxy) is 1. The number of benzene rings is 1. The topological polar surface area (TPSA) is 29.5 Å². The Labute approximate surface area is 115 Å². The Morgan fingerprint density at radius 1 is 1.21 bits per heavy atom. The minimum atomic E-state index is -0.145. The summed E-state index contributed by atoms with van der Waals surface area (Å²) in [7, 11) is 0. The molecule has 1 saturated heterocycles. The van der Waals surface area contributed by atoms with Gasteiger partial charge in [0.05, 0.1) is 12.2 Å². The highest BCUT2D eigenvalue weighted by Crippen LogP contribution is 2.30. The lowest BCUT2D eigenvalue weighted by Crippen LogP contribution is -2.21. The summed E-state index contributed by atoms with van der Waals surface area (Å²) in [4.78, 5) is 0. The van der Waals surface area contributed by atoms with Gasteiger partial charge in [0.2, 0.25) is 0 Å². The van der Waals surface area contributed by atoms with E-state index in [2.05, 4.69) is 24.3 Å². The lowest BCUT2D eigenvalue weighted by Gasteiger charge is -2.18. The number of aliphatic hydroxyl groups is 1. The minimum Gasteiger partial charge on any atom is -0.393 e. The van der Waals surface area contributed by atoms with Gasteiger partial charge in [-0.3, -0.25) is 0 Å². The summed E-state index contributed by atoms with van der Waals surface area (Å²) in [5.41, 5.74) is 2.87. The predicted molar refractivity (Wildman–Crippen MR) is 76.2 cm³/mol. The van der Waals surface area contributed by atoms with Crippen LogP contribution in [0.3, 0.4) is 0 Å². The normalized spacial score (nSPS) is 24.6. The van der Waals surface area contributed by atoms with Crippen LogP contribution in [-0.2, 0) is 17.6 Å². The summed E-state index contributed by atoms with van der Waals surface area (Å²) < 4.78 is 5.63. The second-order valence-corrected chi connectivity index (χ2v) is 6.07. The van der Waals surface area contributed by atoms with E-state index in [1.54, 1.807) is 0 Å². The van der Waals surface area contributed by atoms with Crippen molar-refractivity contribution in [1.82, 2.24) is 0 Å². The van der Waals surface area contributed by atoms with Crippen molar-refractivity contribution in [3.63, 3.8) is 0 Å². The molecule has 19 heavy (non-hydrogen) atoms. The minimum absolute atomic E-state index is 0.145. The highest BCUT2D eigenvalue weighted by atomic mass is 16.5. The Hall–Kier alpha value is -0.860. The van der Waals surface area contributed by atoms with Crippen molar-refractivity contribution in [3.05, 3.63) is 35.4 Å². The van der Waals surface area contributed by atoms with Crippen LogP contribution in [0.5, 0.6) is 0 Å². The predicted octanol–water partition coefficient (Wildman–Crippen LogP) is 3.11. The van der Waals surface area contributed by atoms with Gasteiger partial charge in [-0.2, -0.15) is 0 Å². The molecular weight excluding hydrogens is 236 g/mol. The molecule has 1 aromatic rings. The number of hydrogen-bond acceptors (Lipinski definition) is 2. The quantitative estimate of drug-likeness (QED) is 0.881. The highest BCUT2D eigenvalue weighted by Gasteiger charge is 2.27. The van der Waals surface area contributed by atoms with Gasteiger partial charge in [0, 0.05) is 6.61 Å². The summed E-state index contributed by atoms with van der Waals surface area (Å²) in [5, 5.41) is 10.4. The number of rotatable bonds is 5. The van der Waals surface area contributed by atoms with Crippen molar-refractivity contribution in [2.75, 3.05) is 6.61 Å². The molecule has 1 heterocycles. The summed E-state index contributed by atoms with van der Waals surface area (Å²) in [5.74, 6) is 0.432. The SMILES string of the molecule is OC(CCCC1CCCO1)C1Cc2ccccc2C1. The van der Waals surface area contributed by atoms with Crippen molar-refractivity contribution in [2.24, 2.45) is 5.92 Å². The molecule has 1 fully saturated rings. The van der Waals surface area contributed by atoms with E-state index in [4.69, 9.17) is 4.74 Å². The maximum Gasteiger partial charge on any atom is 0.0576 e. The Bertz CT molecular complexity index is 384. The molecule has 1 N–H and O–H groups in total. The zero-order chi connectivity index (χ0) is 13.1. The lowest BCUT2D eigenvalue weighted by atomic mass is 9.94. The Balaban J connectivity index is 1.43. The molecule has 1 aromatic carbocycles. The highest BCUT2D eigenvalue weighted by molar-refractivity contribution is 5.32. The van der Waals surface area contributed by atoms with E-state index >= 15 is 0 Å². The van der Waals surface area contributed by atoms with Gasteiger partial charge in [-0.15, -0.1) is 0 Å². The maximum atomic E-state index is 10.4. The van der Waals surface area contributed by atoms with E-state index in [1.807, 2.05) is 0 Å². The molecule has 2 atom stereocenters. The van der Waals surface area contributed by atoms with E-state index in [0.29, 0.717) is 12.0 Å². The maximum absolute atomic E-state index is 10.4. The molecule has 0 spiro atoms. The Morgan fingerprint density at radius 2 is 1.95 bits per heavy atom. The first-order valence-corrected chi connectivity index (χ1v) is 7.69. The molecule has 2 nitrogen and oxygen atoms in total.